The molecule has 0 aromatic carbocycles. The second-order valence-corrected chi connectivity index (χ2v) is 6.31. The molecule has 1 N–H and O–H groups in total. The van der Waals surface area contributed by atoms with Gasteiger partial charge in [0.2, 0.25) is 5.91 Å². The van der Waals surface area contributed by atoms with Crippen LogP contribution in [0.2, 0.25) is 0 Å². The molecule has 1 aliphatic heterocycles. The fourth-order valence-corrected chi connectivity index (χ4v) is 3.40. The quantitative estimate of drug-likeness (QED) is 0.845. The van der Waals surface area contributed by atoms with Crippen molar-refractivity contribution in [1.82, 2.24) is 15.1 Å². The summed E-state index contributed by atoms with van der Waals surface area (Å²) >= 11 is 0. The number of piperidine rings is 1. The number of allylic oxidation sites excluding steroid dienone is 2. The topological polar surface area (TPSA) is 49.0 Å². The highest BCUT2D eigenvalue weighted by molar-refractivity contribution is 5.79. The number of hydrogen-bond donors (Lipinski definition) is 1. The summed E-state index contributed by atoms with van der Waals surface area (Å²) in [6, 6.07) is 1.07. The zero-order valence-electron chi connectivity index (χ0n) is 12.8. The monoisotopic (exact) mass is 327 g/mol. The number of aromatic nitrogens is 2. The molecule has 2 aliphatic rings. The minimum absolute atomic E-state index is 0.0197. The first-order valence-corrected chi connectivity index (χ1v) is 8.01. The molecule has 0 spiro atoms. The van der Waals surface area contributed by atoms with Crippen LogP contribution in [0, 0.1) is 5.92 Å². The Labute approximate surface area is 132 Å². The van der Waals surface area contributed by atoms with Crippen LogP contribution in [0.1, 0.15) is 49.4 Å². The molecule has 1 aromatic heterocycles. The first-order chi connectivity index (χ1) is 10.9. The van der Waals surface area contributed by atoms with Crippen molar-refractivity contribution in [2.45, 2.75) is 44.2 Å². The molecule has 1 aromatic rings. The third kappa shape index (κ3) is 3.59. The number of carbonyl (C=O) groups is 1. The number of nitrogens with one attached hydrogen (secondary N) is 1. The standard InChI is InChI=1S/C16H20F3N3O/c17-16(18,19)14-9-13(20-21-14)12-7-4-8-22(10-12)15(23)11-5-2-1-3-6-11/h1-2,9,11-12H,3-8,10H2,(H,20,21)/t11-,12+/m1/s1. The van der Waals surface area contributed by atoms with E-state index in [0.717, 1.165) is 38.2 Å². The van der Waals surface area contributed by atoms with E-state index in [-0.39, 0.29) is 17.7 Å². The van der Waals surface area contributed by atoms with E-state index >= 15 is 0 Å². The Hall–Kier alpha value is -1.79. The Kier molecular flexibility index (Phi) is 4.46. The summed E-state index contributed by atoms with van der Waals surface area (Å²) in [4.78, 5) is 14.4. The fraction of sp³-hybridized carbons (Fsp3) is 0.625. The van der Waals surface area contributed by atoms with Gasteiger partial charge in [-0.3, -0.25) is 9.89 Å². The van der Waals surface area contributed by atoms with Gasteiger partial charge in [-0.15, -0.1) is 0 Å². The molecule has 1 fully saturated rings. The van der Waals surface area contributed by atoms with E-state index in [2.05, 4.69) is 16.3 Å². The van der Waals surface area contributed by atoms with E-state index in [1.54, 1.807) is 0 Å². The van der Waals surface area contributed by atoms with Crippen molar-refractivity contribution in [3.8, 4) is 0 Å². The largest absolute Gasteiger partial charge is 0.435 e. The summed E-state index contributed by atoms with van der Waals surface area (Å²) in [6.07, 6.45) is 3.81. The van der Waals surface area contributed by atoms with Gasteiger partial charge in [0.15, 0.2) is 5.69 Å². The molecule has 1 amide bonds. The normalized spacial score (nSPS) is 25.6. The van der Waals surface area contributed by atoms with Crippen LogP contribution < -0.4 is 0 Å². The molecule has 7 heteroatoms. The summed E-state index contributed by atoms with van der Waals surface area (Å²) in [5, 5.41) is 5.86. The van der Waals surface area contributed by atoms with Gasteiger partial charge < -0.3 is 4.90 Å². The molecule has 0 saturated carbocycles. The maximum absolute atomic E-state index is 12.7. The molecule has 0 radical (unpaired) electrons. The van der Waals surface area contributed by atoms with Gasteiger partial charge in [-0.2, -0.15) is 18.3 Å². The van der Waals surface area contributed by atoms with E-state index in [0.29, 0.717) is 18.8 Å². The van der Waals surface area contributed by atoms with Gasteiger partial charge in [-0.25, -0.2) is 0 Å². The highest BCUT2D eigenvalue weighted by atomic mass is 19.4. The zero-order chi connectivity index (χ0) is 16.4. The van der Waals surface area contributed by atoms with Gasteiger partial charge in [0, 0.05) is 30.6 Å². The summed E-state index contributed by atoms with van der Waals surface area (Å²) in [7, 11) is 0. The van der Waals surface area contributed by atoms with Crippen LogP contribution in [-0.2, 0) is 11.0 Å². The second-order valence-electron chi connectivity index (χ2n) is 6.31. The van der Waals surface area contributed by atoms with Gasteiger partial charge in [-0.1, -0.05) is 12.2 Å². The Morgan fingerprint density at radius 1 is 1.30 bits per heavy atom. The van der Waals surface area contributed by atoms with Crippen molar-refractivity contribution >= 4 is 5.91 Å². The number of nitrogens with zero attached hydrogens (tertiary/aromatic N) is 2. The number of aromatic amines is 1. The van der Waals surface area contributed by atoms with E-state index in [1.165, 1.54) is 0 Å². The highest BCUT2D eigenvalue weighted by Gasteiger charge is 2.36. The van der Waals surface area contributed by atoms with Crippen molar-refractivity contribution < 1.29 is 18.0 Å². The summed E-state index contributed by atoms with van der Waals surface area (Å²) in [5.74, 6) is 0.0521. The molecule has 3 rings (SSSR count). The number of alkyl halides is 3. The molecule has 126 valence electrons. The average molecular weight is 327 g/mol. The number of carbonyl (C=O) groups excluding carboxylic acids is 1. The van der Waals surface area contributed by atoms with Crippen LogP contribution in [0.25, 0.3) is 0 Å². The Morgan fingerprint density at radius 2 is 2.13 bits per heavy atom. The average Bonchev–Trinajstić information content (AvgIpc) is 3.05. The number of halogens is 3. The van der Waals surface area contributed by atoms with Crippen LogP contribution in [0.4, 0.5) is 13.2 Å². The summed E-state index contributed by atoms with van der Waals surface area (Å²) < 4.78 is 38.0. The number of rotatable bonds is 2. The highest BCUT2D eigenvalue weighted by Crippen LogP contribution is 2.33. The lowest BCUT2D eigenvalue weighted by Crippen LogP contribution is -2.42. The third-order valence-corrected chi connectivity index (χ3v) is 4.68. The number of likely N-dealkylation sites (tertiary alicyclic amines) is 1. The molecule has 0 bridgehead atoms. The number of hydrogen-bond acceptors (Lipinski definition) is 2. The minimum atomic E-state index is -4.44. The molecule has 23 heavy (non-hydrogen) atoms. The van der Waals surface area contributed by atoms with E-state index in [9.17, 15) is 18.0 Å². The minimum Gasteiger partial charge on any atom is -0.342 e. The van der Waals surface area contributed by atoms with E-state index in [4.69, 9.17) is 0 Å². The van der Waals surface area contributed by atoms with Crippen molar-refractivity contribution in [2.24, 2.45) is 5.92 Å². The smallest absolute Gasteiger partial charge is 0.342 e. The van der Waals surface area contributed by atoms with Crippen molar-refractivity contribution in [3.63, 3.8) is 0 Å². The SMILES string of the molecule is O=C([C@@H]1CC=CCC1)N1CCC[C@H](c2cc(C(F)(F)F)n[nH]2)C1. The Morgan fingerprint density at radius 3 is 2.78 bits per heavy atom. The van der Waals surface area contributed by atoms with Crippen molar-refractivity contribution in [2.75, 3.05) is 13.1 Å². The van der Waals surface area contributed by atoms with Gasteiger partial charge in [0.05, 0.1) is 0 Å². The lowest BCUT2D eigenvalue weighted by atomic mass is 9.90. The summed E-state index contributed by atoms with van der Waals surface area (Å²) in [6.45, 7) is 1.16. The van der Waals surface area contributed by atoms with Gasteiger partial charge in [-0.05, 0) is 38.2 Å². The fourth-order valence-electron chi connectivity index (χ4n) is 3.40. The van der Waals surface area contributed by atoms with Gasteiger partial charge >= 0.3 is 6.18 Å². The number of H-pyrrole nitrogens is 1. The van der Waals surface area contributed by atoms with Crippen molar-refractivity contribution in [1.29, 1.82) is 0 Å². The molecule has 4 nitrogen and oxygen atoms in total. The van der Waals surface area contributed by atoms with Crippen LogP contribution >= 0.6 is 0 Å². The van der Waals surface area contributed by atoms with E-state index in [1.807, 2.05) is 11.0 Å². The first kappa shape index (κ1) is 16.1. The Bertz CT molecular complexity index is 594. The van der Waals surface area contributed by atoms with Crippen molar-refractivity contribution in [3.05, 3.63) is 29.6 Å². The van der Waals surface area contributed by atoms with Gasteiger partial charge in [0.1, 0.15) is 0 Å². The lowest BCUT2D eigenvalue weighted by Gasteiger charge is -2.35. The third-order valence-electron chi connectivity index (χ3n) is 4.68. The maximum Gasteiger partial charge on any atom is 0.435 e. The van der Waals surface area contributed by atoms with Crippen LogP contribution in [-0.4, -0.2) is 34.1 Å². The van der Waals surface area contributed by atoms with Crippen LogP contribution in [0.3, 0.4) is 0 Å². The molecule has 2 heterocycles. The van der Waals surface area contributed by atoms with Crippen LogP contribution in [0.5, 0.6) is 0 Å². The first-order valence-electron chi connectivity index (χ1n) is 8.01. The molecule has 0 unspecified atom stereocenters. The molecule has 1 aliphatic carbocycles. The molecular weight excluding hydrogens is 307 g/mol. The molecule has 1 saturated heterocycles. The van der Waals surface area contributed by atoms with Gasteiger partial charge in [0.25, 0.3) is 0 Å². The number of amides is 1. The lowest BCUT2D eigenvalue weighted by molar-refractivity contribution is -0.141. The predicted octanol–water partition coefficient (Wildman–Crippen LogP) is 3.49. The maximum atomic E-state index is 12.7. The zero-order valence-corrected chi connectivity index (χ0v) is 12.8. The predicted molar refractivity (Wildman–Crippen MR) is 78.6 cm³/mol. The van der Waals surface area contributed by atoms with E-state index < -0.39 is 11.9 Å². The Balaban J connectivity index is 1.67. The van der Waals surface area contributed by atoms with Crippen LogP contribution in [0.15, 0.2) is 18.2 Å². The molecule has 2 atom stereocenters. The molecular formula is C16H20F3N3O. The summed E-state index contributed by atoms with van der Waals surface area (Å²) in [5.41, 5.74) is -0.424. The second kappa shape index (κ2) is 6.37.